The van der Waals surface area contributed by atoms with Gasteiger partial charge in [0.1, 0.15) is 5.76 Å². The van der Waals surface area contributed by atoms with E-state index in [9.17, 15) is 9.59 Å². The Balaban J connectivity index is 2.48. The van der Waals surface area contributed by atoms with Crippen molar-refractivity contribution >= 4 is 11.9 Å². The van der Waals surface area contributed by atoms with Crippen LogP contribution in [0.2, 0.25) is 0 Å². The SMILES string of the molecule is CCOC(=O)CCN(C)C(=O)c1ccc(CC)o1. The summed E-state index contributed by atoms with van der Waals surface area (Å²) in [6.45, 7) is 4.38. The molecule has 1 aromatic heterocycles. The molecule has 0 unspecified atom stereocenters. The second-order valence-corrected chi connectivity index (χ2v) is 3.90. The van der Waals surface area contributed by atoms with Gasteiger partial charge in [0.25, 0.3) is 5.91 Å². The molecule has 0 fully saturated rings. The third-order valence-electron chi connectivity index (χ3n) is 2.52. The van der Waals surface area contributed by atoms with E-state index in [1.165, 1.54) is 4.90 Å². The Labute approximate surface area is 107 Å². The molecule has 0 aliphatic heterocycles. The quantitative estimate of drug-likeness (QED) is 0.726. The number of furan rings is 1. The standard InChI is InChI=1S/C13H19NO4/c1-4-10-6-7-11(18-10)13(16)14(3)9-8-12(15)17-5-2/h6-7H,4-5,8-9H2,1-3H3. The van der Waals surface area contributed by atoms with Crippen molar-refractivity contribution < 1.29 is 18.7 Å². The highest BCUT2D eigenvalue weighted by atomic mass is 16.5. The summed E-state index contributed by atoms with van der Waals surface area (Å²) in [5.74, 6) is 0.556. The highest BCUT2D eigenvalue weighted by Crippen LogP contribution is 2.10. The molecule has 18 heavy (non-hydrogen) atoms. The molecule has 0 saturated carbocycles. The van der Waals surface area contributed by atoms with Gasteiger partial charge in [-0.25, -0.2) is 0 Å². The smallest absolute Gasteiger partial charge is 0.307 e. The maximum Gasteiger partial charge on any atom is 0.307 e. The van der Waals surface area contributed by atoms with Crippen LogP contribution in [0.25, 0.3) is 0 Å². The minimum atomic E-state index is -0.300. The number of ether oxygens (including phenoxy) is 1. The largest absolute Gasteiger partial charge is 0.466 e. The molecule has 1 amide bonds. The van der Waals surface area contributed by atoms with E-state index in [2.05, 4.69) is 0 Å². The van der Waals surface area contributed by atoms with E-state index in [0.29, 0.717) is 18.9 Å². The number of rotatable bonds is 6. The van der Waals surface area contributed by atoms with E-state index >= 15 is 0 Å². The summed E-state index contributed by atoms with van der Waals surface area (Å²) in [7, 11) is 1.63. The highest BCUT2D eigenvalue weighted by molar-refractivity contribution is 5.91. The molecular formula is C13H19NO4. The first-order valence-electron chi connectivity index (χ1n) is 6.08. The number of hydrogen-bond acceptors (Lipinski definition) is 4. The van der Waals surface area contributed by atoms with Gasteiger partial charge in [0, 0.05) is 20.0 Å². The van der Waals surface area contributed by atoms with Gasteiger partial charge in [-0.3, -0.25) is 9.59 Å². The number of esters is 1. The molecule has 1 rings (SSSR count). The summed E-state index contributed by atoms with van der Waals surface area (Å²) in [5.41, 5.74) is 0. The summed E-state index contributed by atoms with van der Waals surface area (Å²) in [6, 6.07) is 3.44. The van der Waals surface area contributed by atoms with Crippen molar-refractivity contribution in [3.8, 4) is 0 Å². The van der Waals surface area contributed by atoms with Crippen LogP contribution in [0, 0.1) is 0 Å². The Morgan fingerprint density at radius 1 is 1.33 bits per heavy atom. The molecule has 0 radical (unpaired) electrons. The molecule has 100 valence electrons. The first kappa shape index (κ1) is 14.3. The summed E-state index contributed by atoms with van der Waals surface area (Å²) in [5, 5.41) is 0. The van der Waals surface area contributed by atoms with Crippen molar-refractivity contribution in [1.29, 1.82) is 0 Å². The molecule has 0 bridgehead atoms. The second-order valence-electron chi connectivity index (χ2n) is 3.90. The van der Waals surface area contributed by atoms with Crippen LogP contribution in [0.15, 0.2) is 16.5 Å². The highest BCUT2D eigenvalue weighted by Gasteiger charge is 2.16. The predicted octanol–water partition coefficient (Wildman–Crippen LogP) is 1.87. The van der Waals surface area contributed by atoms with Crippen molar-refractivity contribution in [2.24, 2.45) is 0 Å². The second kappa shape index (κ2) is 6.83. The maximum atomic E-state index is 11.9. The summed E-state index contributed by atoms with van der Waals surface area (Å²) in [4.78, 5) is 24.6. The van der Waals surface area contributed by atoms with Crippen molar-refractivity contribution in [3.05, 3.63) is 23.7 Å². The van der Waals surface area contributed by atoms with Crippen molar-refractivity contribution in [2.45, 2.75) is 26.7 Å². The fourth-order valence-electron chi connectivity index (χ4n) is 1.46. The third kappa shape index (κ3) is 3.91. The number of amides is 1. The number of carbonyl (C=O) groups is 2. The lowest BCUT2D eigenvalue weighted by Gasteiger charge is -2.14. The molecule has 0 N–H and O–H groups in total. The first-order chi connectivity index (χ1) is 8.58. The molecule has 0 aliphatic rings. The van der Waals surface area contributed by atoms with E-state index in [0.717, 1.165) is 12.2 Å². The Morgan fingerprint density at radius 3 is 2.61 bits per heavy atom. The summed E-state index contributed by atoms with van der Waals surface area (Å²) in [6.07, 6.45) is 0.942. The van der Waals surface area contributed by atoms with E-state index in [1.807, 2.05) is 6.92 Å². The van der Waals surface area contributed by atoms with Crippen LogP contribution in [0.1, 0.15) is 36.6 Å². The van der Waals surface area contributed by atoms with Gasteiger partial charge >= 0.3 is 5.97 Å². The molecule has 5 heteroatoms. The predicted molar refractivity (Wildman–Crippen MR) is 66.3 cm³/mol. The zero-order valence-electron chi connectivity index (χ0n) is 11.1. The fraction of sp³-hybridized carbons (Fsp3) is 0.538. The molecule has 0 spiro atoms. The molecule has 1 aromatic rings. The molecule has 0 aliphatic carbocycles. The van der Waals surface area contributed by atoms with Crippen LogP contribution in [0.4, 0.5) is 0 Å². The van der Waals surface area contributed by atoms with Crippen LogP contribution in [0.5, 0.6) is 0 Å². The van der Waals surface area contributed by atoms with Gasteiger partial charge in [0.05, 0.1) is 13.0 Å². The zero-order valence-corrected chi connectivity index (χ0v) is 11.1. The van der Waals surface area contributed by atoms with E-state index in [1.54, 1.807) is 26.1 Å². The maximum absolute atomic E-state index is 11.9. The van der Waals surface area contributed by atoms with E-state index in [4.69, 9.17) is 9.15 Å². The molecule has 5 nitrogen and oxygen atoms in total. The summed E-state index contributed by atoms with van der Waals surface area (Å²) < 4.78 is 10.2. The van der Waals surface area contributed by atoms with Gasteiger partial charge in [-0.05, 0) is 19.1 Å². The van der Waals surface area contributed by atoms with Crippen LogP contribution in [-0.4, -0.2) is 37.0 Å². The average Bonchev–Trinajstić information content (AvgIpc) is 2.84. The van der Waals surface area contributed by atoms with Gasteiger partial charge in [0.2, 0.25) is 0 Å². The van der Waals surface area contributed by atoms with Crippen molar-refractivity contribution in [3.63, 3.8) is 0 Å². The van der Waals surface area contributed by atoms with Crippen molar-refractivity contribution in [1.82, 2.24) is 4.90 Å². The van der Waals surface area contributed by atoms with Crippen LogP contribution < -0.4 is 0 Å². The Morgan fingerprint density at radius 2 is 2.06 bits per heavy atom. The van der Waals surface area contributed by atoms with E-state index < -0.39 is 0 Å². The topological polar surface area (TPSA) is 59.8 Å². The number of hydrogen-bond donors (Lipinski definition) is 0. The van der Waals surface area contributed by atoms with Crippen LogP contribution in [-0.2, 0) is 16.0 Å². The lowest BCUT2D eigenvalue weighted by Crippen LogP contribution is -2.29. The van der Waals surface area contributed by atoms with E-state index in [-0.39, 0.29) is 18.3 Å². The normalized spacial score (nSPS) is 10.2. The van der Waals surface area contributed by atoms with Crippen LogP contribution >= 0.6 is 0 Å². The monoisotopic (exact) mass is 253 g/mol. The first-order valence-corrected chi connectivity index (χ1v) is 6.08. The number of nitrogens with zero attached hydrogens (tertiary/aromatic N) is 1. The van der Waals surface area contributed by atoms with Crippen molar-refractivity contribution in [2.75, 3.05) is 20.2 Å². The van der Waals surface area contributed by atoms with Crippen LogP contribution in [0.3, 0.4) is 0 Å². The third-order valence-corrected chi connectivity index (χ3v) is 2.52. The Bertz CT molecular complexity index is 411. The number of carbonyl (C=O) groups excluding carboxylic acids is 2. The summed E-state index contributed by atoms with van der Waals surface area (Å²) >= 11 is 0. The minimum absolute atomic E-state index is 0.192. The van der Waals surface area contributed by atoms with Gasteiger partial charge < -0.3 is 14.1 Å². The lowest BCUT2D eigenvalue weighted by molar-refractivity contribution is -0.143. The van der Waals surface area contributed by atoms with Gasteiger partial charge in [-0.2, -0.15) is 0 Å². The molecule has 0 atom stereocenters. The lowest BCUT2D eigenvalue weighted by atomic mass is 10.3. The zero-order chi connectivity index (χ0) is 13.5. The van der Waals surface area contributed by atoms with Gasteiger partial charge in [0.15, 0.2) is 5.76 Å². The minimum Gasteiger partial charge on any atom is -0.466 e. The number of aryl methyl sites for hydroxylation is 1. The molecular weight excluding hydrogens is 234 g/mol. The van der Waals surface area contributed by atoms with Gasteiger partial charge in [-0.1, -0.05) is 6.92 Å². The van der Waals surface area contributed by atoms with Gasteiger partial charge in [-0.15, -0.1) is 0 Å². The molecule has 0 aromatic carbocycles. The molecule has 0 saturated heterocycles. The average molecular weight is 253 g/mol. The Hall–Kier alpha value is -1.78. The fourth-order valence-corrected chi connectivity index (χ4v) is 1.46. The molecule has 1 heterocycles. The Kier molecular flexibility index (Phi) is 5.42.